The van der Waals surface area contributed by atoms with E-state index in [1.54, 1.807) is 22.1 Å². The quantitative estimate of drug-likeness (QED) is 0.177. The number of allylic oxidation sites excluding steroid dienone is 2. The summed E-state index contributed by atoms with van der Waals surface area (Å²) in [4.78, 5) is 38.2. The zero-order valence-corrected chi connectivity index (χ0v) is 25.0. The summed E-state index contributed by atoms with van der Waals surface area (Å²) in [5.41, 5.74) is 4.58. The van der Waals surface area contributed by atoms with Crippen molar-refractivity contribution in [1.29, 1.82) is 0 Å². The maximum atomic E-state index is 15.9. The highest BCUT2D eigenvalue weighted by Crippen LogP contribution is 2.42. The number of dihydropyridines is 1. The molecule has 1 amide bonds. The Hall–Kier alpha value is -4.03. The molecule has 5 rings (SSSR count). The molecule has 0 saturated carbocycles. The summed E-state index contributed by atoms with van der Waals surface area (Å²) in [6, 6.07) is 0.715. The van der Waals surface area contributed by atoms with Crippen LogP contribution < -0.4 is 21.6 Å². The highest BCUT2D eigenvalue weighted by molar-refractivity contribution is 6.37. The third-order valence-electron chi connectivity index (χ3n) is 7.62. The number of carbonyl (C=O) groups is 1. The fourth-order valence-corrected chi connectivity index (χ4v) is 5.82. The molecule has 43 heavy (non-hydrogen) atoms. The molecule has 9 nitrogen and oxygen atoms in total. The van der Waals surface area contributed by atoms with Crippen LogP contribution in [0.25, 0.3) is 28.0 Å². The molecule has 1 saturated heterocycles. The van der Waals surface area contributed by atoms with Crippen molar-refractivity contribution in [1.82, 2.24) is 24.8 Å². The molecule has 2 aromatic heterocycles. The second kappa shape index (κ2) is 11.6. The van der Waals surface area contributed by atoms with Crippen molar-refractivity contribution >= 4 is 57.3 Å². The number of halogens is 5. The monoisotopic (exact) mass is 633 g/mol. The number of anilines is 2. The predicted octanol–water partition coefficient (Wildman–Crippen LogP) is 4.97. The number of aromatic nitrogens is 3. The van der Waals surface area contributed by atoms with Gasteiger partial charge in [-0.3, -0.25) is 4.79 Å². The molecule has 0 unspecified atom stereocenters. The van der Waals surface area contributed by atoms with E-state index in [1.807, 2.05) is 20.8 Å². The third-order valence-corrected chi connectivity index (χ3v) is 8.32. The number of piperazine rings is 1. The Morgan fingerprint density at radius 3 is 2.44 bits per heavy atom. The van der Waals surface area contributed by atoms with E-state index in [4.69, 9.17) is 28.9 Å². The molecule has 1 fully saturated rings. The summed E-state index contributed by atoms with van der Waals surface area (Å²) in [7, 11) is 0. The normalized spacial score (nSPS) is 17.2. The number of hydrogen-bond acceptors (Lipinski definition) is 7. The van der Waals surface area contributed by atoms with Gasteiger partial charge in [0.05, 0.1) is 28.4 Å². The van der Waals surface area contributed by atoms with Crippen molar-refractivity contribution in [2.24, 2.45) is 5.92 Å². The number of nitrogens with one attached hydrogen (secondary N) is 1. The summed E-state index contributed by atoms with van der Waals surface area (Å²) in [5.74, 6) is -3.77. The Balaban J connectivity index is 1.82. The molecule has 226 valence electrons. The van der Waals surface area contributed by atoms with Crippen molar-refractivity contribution in [3.8, 4) is 11.3 Å². The van der Waals surface area contributed by atoms with Crippen LogP contribution in [0.2, 0.25) is 10.0 Å². The lowest BCUT2D eigenvalue weighted by Crippen LogP contribution is -2.49. The number of nitrogens with two attached hydrogens (primary N) is 1. The van der Waals surface area contributed by atoms with Gasteiger partial charge in [-0.05, 0) is 42.8 Å². The predicted molar refractivity (Wildman–Crippen MR) is 162 cm³/mol. The van der Waals surface area contributed by atoms with Crippen LogP contribution in [0.1, 0.15) is 20.8 Å². The van der Waals surface area contributed by atoms with E-state index in [1.165, 1.54) is 10.6 Å². The highest BCUT2D eigenvalue weighted by atomic mass is 35.5. The molecule has 3 N–H and O–H groups in total. The molecule has 0 spiro atoms. The first-order valence-electron chi connectivity index (χ1n) is 13.4. The van der Waals surface area contributed by atoms with Gasteiger partial charge >= 0.3 is 5.69 Å². The fourth-order valence-electron chi connectivity index (χ4n) is 5.40. The second-order valence-electron chi connectivity index (χ2n) is 10.6. The molecule has 2 aliphatic heterocycles. The molecule has 2 aliphatic rings. The standard InChI is InChI=1S/C29H28Cl2F3N7O2/c1-5-17(42)39-8-10-40(11-9-39)27-15-12-16(32)25(18-21(33)19(30)22(34)20(31)23(18)35)37-28(15)41(29(43)38-27)26-14(4)6-7-36-24(26)13(2)3/h5-7,12-13,24,36H,1,8-11,35H2,2-4H3/t24-/m1/s1. The van der Waals surface area contributed by atoms with Gasteiger partial charge in [-0.25, -0.2) is 27.5 Å². The topological polar surface area (TPSA) is 109 Å². The number of pyridine rings is 1. The highest BCUT2D eigenvalue weighted by Gasteiger charge is 2.31. The van der Waals surface area contributed by atoms with Crippen LogP contribution in [0.4, 0.5) is 24.7 Å². The van der Waals surface area contributed by atoms with E-state index in [0.29, 0.717) is 31.9 Å². The third kappa shape index (κ3) is 5.12. The van der Waals surface area contributed by atoms with E-state index >= 15 is 8.78 Å². The van der Waals surface area contributed by atoms with Crippen LogP contribution >= 0.6 is 23.2 Å². The van der Waals surface area contributed by atoms with Gasteiger partial charge in [0.15, 0.2) is 23.1 Å². The Labute approximate surface area is 255 Å². The molecule has 1 aromatic carbocycles. The number of benzene rings is 1. The van der Waals surface area contributed by atoms with Crippen molar-refractivity contribution in [3.05, 3.63) is 74.6 Å². The van der Waals surface area contributed by atoms with Crippen molar-refractivity contribution in [2.45, 2.75) is 26.8 Å². The number of carbonyl (C=O) groups excluding carboxylic acids is 1. The number of nitrogens with zero attached hydrogens (tertiary/aromatic N) is 5. The summed E-state index contributed by atoms with van der Waals surface area (Å²) >= 11 is 11.8. The Bertz CT molecular complexity index is 1770. The summed E-state index contributed by atoms with van der Waals surface area (Å²) in [5, 5.41) is 1.73. The Morgan fingerprint density at radius 2 is 1.81 bits per heavy atom. The van der Waals surface area contributed by atoms with Gasteiger partial charge in [0.1, 0.15) is 21.6 Å². The lowest BCUT2D eigenvalue weighted by Gasteiger charge is -2.36. The maximum absolute atomic E-state index is 15.9. The lowest BCUT2D eigenvalue weighted by molar-refractivity contribution is -0.126. The lowest BCUT2D eigenvalue weighted by atomic mass is 9.95. The van der Waals surface area contributed by atoms with E-state index in [2.05, 4.69) is 21.9 Å². The molecule has 0 radical (unpaired) electrons. The first-order chi connectivity index (χ1) is 20.4. The van der Waals surface area contributed by atoms with E-state index < -0.39 is 50.1 Å². The number of amides is 1. The molecular formula is C29H28Cl2F3N7O2. The van der Waals surface area contributed by atoms with Gasteiger partial charge < -0.3 is 20.9 Å². The minimum Gasteiger partial charge on any atom is -0.397 e. The number of rotatable bonds is 5. The van der Waals surface area contributed by atoms with E-state index in [9.17, 15) is 14.0 Å². The average molecular weight is 634 g/mol. The fraction of sp³-hybridized carbons (Fsp3) is 0.310. The van der Waals surface area contributed by atoms with Gasteiger partial charge in [0, 0.05) is 26.2 Å². The number of fused-ring (bicyclic) bond motifs is 1. The van der Waals surface area contributed by atoms with Crippen LogP contribution in [0, 0.1) is 23.4 Å². The minimum atomic E-state index is -1.35. The Kier molecular flexibility index (Phi) is 8.19. The van der Waals surface area contributed by atoms with E-state index in [0.717, 1.165) is 11.6 Å². The summed E-state index contributed by atoms with van der Waals surface area (Å²) < 4.78 is 46.9. The van der Waals surface area contributed by atoms with Crippen LogP contribution in [-0.4, -0.2) is 57.6 Å². The Morgan fingerprint density at radius 1 is 1.14 bits per heavy atom. The smallest absolute Gasteiger partial charge is 0.355 e. The zero-order valence-electron chi connectivity index (χ0n) is 23.5. The van der Waals surface area contributed by atoms with Gasteiger partial charge in [-0.2, -0.15) is 4.98 Å². The van der Waals surface area contributed by atoms with Crippen LogP contribution in [0.3, 0.4) is 0 Å². The molecule has 1 atom stereocenters. The minimum absolute atomic E-state index is 0.00489. The number of hydrogen-bond donors (Lipinski definition) is 2. The van der Waals surface area contributed by atoms with Gasteiger partial charge in [-0.15, -0.1) is 0 Å². The van der Waals surface area contributed by atoms with E-state index in [-0.39, 0.29) is 34.7 Å². The maximum Gasteiger partial charge on any atom is 0.355 e. The summed E-state index contributed by atoms with van der Waals surface area (Å²) in [6.45, 7) is 10.5. The van der Waals surface area contributed by atoms with Gasteiger partial charge in [0.25, 0.3) is 0 Å². The van der Waals surface area contributed by atoms with Crippen molar-refractivity contribution in [2.75, 3.05) is 36.8 Å². The zero-order chi connectivity index (χ0) is 31.3. The van der Waals surface area contributed by atoms with Gasteiger partial charge in [0.2, 0.25) is 5.91 Å². The van der Waals surface area contributed by atoms with Gasteiger partial charge in [-0.1, -0.05) is 43.6 Å². The molecule has 14 heteroatoms. The molecule has 4 heterocycles. The molecule has 3 aromatic rings. The first-order valence-corrected chi connectivity index (χ1v) is 14.2. The average Bonchev–Trinajstić information content (AvgIpc) is 2.99. The van der Waals surface area contributed by atoms with Crippen LogP contribution in [-0.2, 0) is 4.79 Å². The summed E-state index contributed by atoms with van der Waals surface area (Å²) in [6.07, 6.45) is 4.76. The molecular weight excluding hydrogens is 606 g/mol. The van der Waals surface area contributed by atoms with Crippen LogP contribution in [0.15, 0.2) is 41.4 Å². The number of nitrogen functional groups attached to an aromatic ring is 1. The second-order valence-corrected chi connectivity index (χ2v) is 11.4. The molecule has 0 bridgehead atoms. The van der Waals surface area contributed by atoms with Crippen LogP contribution in [0.5, 0.6) is 0 Å². The SMILES string of the molecule is C=CC(=O)N1CCN(c2nc(=O)n(C3=C(C)C=CN[C@@H]3C(C)C)c3nc(-c4c(N)c(Cl)c(F)c(Cl)c4F)c(F)cc23)CC1. The van der Waals surface area contributed by atoms with Crippen molar-refractivity contribution in [3.63, 3.8) is 0 Å². The first kappa shape index (κ1) is 30.4. The largest absolute Gasteiger partial charge is 0.397 e. The van der Waals surface area contributed by atoms with Crippen molar-refractivity contribution < 1.29 is 18.0 Å². The molecule has 0 aliphatic carbocycles.